The zero-order valence-electron chi connectivity index (χ0n) is 14.6. The van der Waals surface area contributed by atoms with Crippen molar-refractivity contribution >= 4 is 6.08 Å². The summed E-state index contributed by atoms with van der Waals surface area (Å²) in [6.07, 6.45) is 15.9. The van der Waals surface area contributed by atoms with Crippen molar-refractivity contribution in [1.82, 2.24) is 5.32 Å². The van der Waals surface area contributed by atoms with Gasteiger partial charge in [-0.05, 0) is 24.1 Å². The quantitative estimate of drug-likeness (QED) is 0.395. The van der Waals surface area contributed by atoms with E-state index in [1.807, 2.05) is 6.08 Å². The Balaban J connectivity index is 1.86. The second-order valence-electron chi connectivity index (χ2n) is 6.30. The van der Waals surface area contributed by atoms with Gasteiger partial charge in [0.15, 0.2) is 0 Å². The number of hydrogen-bond acceptors (Lipinski definition) is 1. The third-order valence-corrected chi connectivity index (χ3v) is 4.25. The van der Waals surface area contributed by atoms with Crippen molar-refractivity contribution in [3.05, 3.63) is 42.0 Å². The molecule has 1 rings (SSSR count). The minimum absolute atomic E-state index is 0.981. The van der Waals surface area contributed by atoms with Crippen molar-refractivity contribution in [1.29, 1.82) is 0 Å². The minimum Gasteiger partial charge on any atom is -0.313 e. The topological polar surface area (TPSA) is 12.0 Å². The van der Waals surface area contributed by atoms with E-state index in [2.05, 4.69) is 43.1 Å². The lowest BCUT2D eigenvalue weighted by atomic mass is 10.1. The predicted octanol–water partition coefficient (Wildman–Crippen LogP) is 6.34. The van der Waals surface area contributed by atoms with Gasteiger partial charge >= 0.3 is 0 Å². The summed E-state index contributed by atoms with van der Waals surface area (Å²) in [6, 6.07) is 8.63. The van der Waals surface area contributed by atoms with Gasteiger partial charge in [0.1, 0.15) is 0 Å². The monoisotopic (exact) mass is 301 g/mol. The molecule has 22 heavy (non-hydrogen) atoms. The zero-order valence-corrected chi connectivity index (χ0v) is 14.6. The highest BCUT2D eigenvalue weighted by Gasteiger charge is 1.94. The molecule has 0 unspecified atom stereocenters. The smallest absolute Gasteiger partial charge is 0.0205 e. The Morgan fingerprint density at radius 3 is 1.91 bits per heavy atom. The molecule has 0 atom stereocenters. The van der Waals surface area contributed by atoms with Gasteiger partial charge in [0, 0.05) is 6.54 Å². The predicted molar refractivity (Wildman–Crippen MR) is 100 cm³/mol. The molecule has 124 valence electrons. The molecule has 0 aromatic heterocycles. The maximum Gasteiger partial charge on any atom is 0.0205 e. The molecule has 0 aliphatic rings. The Morgan fingerprint density at radius 1 is 0.818 bits per heavy atom. The van der Waals surface area contributed by atoms with Gasteiger partial charge < -0.3 is 5.32 Å². The van der Waals surface area contributed by atoms with Crippen molar-refractivity contribution in [2.45, 2.75) is 77.7 Å². The second-order valence-corrected chi connectivity index (χ2v) is 6.30. The van der Waals surface area contributed by atoms with Gasteiger partial charge in [0.2, 0.25) is 0 Å². The van der Waals surface area contributed by atoms with Crippen LogP contribution in [-0.4, -0.2) is 6.54 Å². The highest BCUT2D eigenvalue weighted by Crippen LogP contribution is 2.10. The van der Waals surface area contributed by atoms with Crippen LogP contribution in [0.4, 0.5) is 0 Å². The van der Waals surface area contributed by atoms with Gasteiger partial charge in [-0.2, -0.15) is 0 Å². The van der Waals surface area contributed by atoms with Crippen molar-refractivity contribution in [3.63, 3.8) is 0 Å². The van der Waals surface area contributed by atoms with Crippen LogP contribution in [0.25, 0.3) is 6.08 Å². The van der Waals surface area contributed by atoms with E-state index in [9.17, 15) is 0 Å². The molecule has 0 saturated heterocycles. The van der Waals surface area contributed by atoms with Crippen molar-refractivity contribution < 1.29 is 0 Å². The highest BCUT2D eigenvalue weighted by atomic mass is 14.8. The Hall–Kier alpha value is -1.08. The summed E-state index contributed by atoms with van der Waals surface area (Å²) in [5.41, 5.74) is 2.55. The molecule has 0 amide bonds. The first-order valence-corrected chi connectivity index (χ1v) is 9.29. The van der Waals surface area contributed by atoms with Crippen LogP contribution in [0.2, 0.25) is 0 Å². The number of hydrogen-bond donors (Lipinski definition) is 1. The van der Waals surface area contributed by atoms with Gasteiger partial charge in [-0.25, -0.2) is 0 Å². The second kappa shape index (κ2) is 13.6. The van der Waals surface area contributed by atoms with E-state index in [-0.39, 0.29) is 0 Å². The number of unbranched alkanes of at least 4 members (excludes halogenated alkanes) is 9. The molecular formula is C21H35N. The van der Waals surface area contributed by atoms with E-state index in [4.69, 9.17) is 0 Å². The summed E-state index contributed by atoms with van der Waals surface area (Å²) in [7, 11) is 0. The van der Waals surface area contributed by atoms with Crippen molar-refractivity contribution in [2.75, 3.05) is 6.54 Å². The lowest BCUT2D eigenvalue weighted by Gasteiger charge is -2.06. The first-order chi connectivity index (χ1) is 10.9. The molecule has 1 heteroatoms. The van der Waals surface area contributed by atoms with E-state index in [1.165, 1.54) is 75.3 Å². The van der Waals surface area contributed by atoms with Crippen LogP contribution < -0.4 is 5.32 Å². The van der Waals surface area contributed by atoms with Crippen LogP contribution in [0, 0.1) is 0 Å². The van der Waals surface area contributed by atoms with Crippen LogP contribution in [0.5, 0.6) is 0 Å². The largest absolute Gasteiger partial charge is 0.313 e. The van der Waals surface area contributed by atoms with Crippen LogP contribution in [0.3, 0.4) is 0 Å². The fourth-order valence-electron chi connectivity index (χ4n) is 2.74. The molecule has 1 nitrogen and oxygen atoms in total. The van der Waals surface area contributed by atoms with E-state index in [0.717, 1.165) is 13.1 Å². The average Bonchev–Trinajstić information content (AvgIpc) is 2.56. The molecule has 0 heterocycles. The summed E-state index contributed by atoms with van der Waals surface area (Å²) in [6.45, 7) is 8.18. The molecule has 0 aliphatic heterocycles. The highest BCUT2D eigenvalue weighted by molar-refractivity contribution is 5.47. The van der Waals surface area contributed by atoms with Crippen molar-refractivity contribution in [3.8, 4) is 0 Å². The van der Waals surface area contributed by atoms with Crippen LogP contribution in [0.15, 0.2) is 30.8 Å². The van der Waals surface area contributed by atoms with Crippen molar-refractivity contribution in [2.24, 2.45) is 0 Å². The molecular weight excluding hydrogens is 266 g/mol. The molecule has 1 aromatic rings. The maximum atomic E-state index is 3.78. The summed E-state index contributed by atoms with van der Waals surface area (Å²) in [5.74, 6) is 0. The standard InChI is InChI=1S/C21H35N/c1-3-5-6-7-8-9-10-11-12-13-18-22-19-21-16-14-20(4-2)15-17-21/h4,14-17,22H,2-3,5-13,18-19H2,1H3. The maximum absolute atomic E-state index is 3.78. The molecule has 0 spiro atoms. The van der Waals surface area contributed by atoms with Gasteiger partial charge in [-0.1, -0.05) is 102 Å². The summed E-state index contributed by atoms with van der Waals surface area (Å²) < 4.78 is 0. The summed E-state index contributed by atoms with van der Waals surface area (Å²) in [5, 5.41) is 3.54. The molecule has 0 saturated carbocycles. The Morgan fingerprint density at radius 2 is 1.36 bits per heavy atom. The average molecular weight is 302 g/mol. The van der Waals surface area contributed by atoms with Gasteiger partial charge in [-0.15, -0.1) is 0 Å². The molecule has 1 aromatic carbocycles. The molecule has 0 aliphatic carbocycles. The van der Waals surface area contributed by atoms with Gasteiger partial charge in [0.05, 0.1) is 0 Å². The molecule has 0 fully saturated rings. The number of nitrogens with one attached hydrogen (secondary N) is 1. The summed E-state index contributed by atoms with van der Waals surface area (Å²) in [4.78, 5) is 0. The first-order valence-electron chi connectivity index (χ1n) is 9.29. The van der Waals surface area contributed by atoms with Gasteiger partial charge in [0.25, 0.3) is 0 Å². The fraction of sp³-hybridized carbons (Fsp3) is 0.619. The first kappa shape index (κ1) is 19.0. The number of rotatable bonds is 14. The van der Waals surface area contributed by atoms with Crippen LogP contribution in [0.1, 0.15) is 82.3 Å². The zero-order chi connectivity index (χ0) is 15.9. The normalized spacial score (nSPS) is 10.8. The Kier molecular flexibility index (Phi) is 11.7. The third kappa shape index (κ3) is 9.78. The molecule has 0 radical (unpaired) electrons. The SMILES string of the molecule is C=Cc1ccc(CNCCCCCCCCCCCC)cc1. The van der Waals surface area contributed by atoms with Crippen LogP contribution in [-0.2, 0) is 6.54 Å². The Labute approximate surface area is 138 Å². The van der Waals surface area contributed by atoms with E-state index in [0.29, 0.717) is 0 Å². The van der Waals surface area contributed by atoms with E-state index in [1.54, 1.807) is 0 Å². The van der Waals surface area contributed by atoms with Crippen LogP contribution >= 0.6 is 0 Å². The third-order valence-electron chi connectivity index (χ3n) is 4.25. The minimum atomic E-state index is 0.981. The fourth-order valence-corrected chi connectivity index (χ4v) is 2.74. The van der Waals surface area contributed by atoms with Gasteiger partial charge in [-0.3, -0.25) is 0 Å². The summed E-state index contributed by atoms with van der Waals surface area (Å²) >= 11 is 0. The van der Waals surface area contributed by atoms with E-state index >= 15 is 0 Å². The Bertz CT molecular complexity index is 366. The number of benzene rings is 1. The molecule has 0 bridgehead atoms. The lowest BCUT2D eigenvalue weighted by molar-refractivity contribution is 0.543. The van der Waals surface area contributed by atoms with E-state index < -0.39 is 0 Å². The molecule has 1 N–H and O–H groups in total. The lowest BCUT2D eigenvalue weighted by Crippen LogP contribution is -2.14.